The quantitative estimate of drug-likeness (QED) is 0.584. The van der Waals surface area contributed by atoms with Crippen LogP contribution in [0.2, 0.25) is 0 Å². The van der Waals surface area contributed by atoms with Gasteiger partial charge in [0.05, 0.1) is 17.9 Å². The summed E-state index contributed by atoms with van der Waals surface area (Å²) < 4.78 is 3.44. The van der Waals surface area contributed by atoms with Crippen molar-refractivity contribution < 1.29 is 4.79 Å². The second-order valence-electron chi connectivity index (χ2n) is 8.80. The van der Waals surface area contributed by atoms with Crippen LogP contribution < -0.4 is 5.56 Å². The highest BCUT2D eigenvalue weighted by molar-refractivity contribution is 7.99. The third kappa shape index (κ3) is 3.46. The van der Waals surface area contributed by atoms with Crippen molar-refractivity contribution in [3.05, 3.63) is 46.4 Å². The molecule has 0 aliphatic carbocycles. The molecule has 31 heavy (non-hydrogen) atoms. The van der Waals surface area contributed by atoms with Crippen molar-refractivity contribution in [3.8, 4) is 5.69 Å². The van der Waals surface area contributed by atoms with Gasteiger partial charge >= 0.3 is 0 Å². The van der Waals surface area contributed by atoms with Crippen LogP contribution in [0, 0.1) is 6.92 Å². The van der Waals surface area contributed by atoms with Crippen LogP contribution in [0.4, 0.5) is 0 Å². The zero-order valence-electron chi connectivity index (χ0n) is 18.1. The van der Waals surface area contributed by atoms with E-state index in [1.165, 1.54) is 6.42 Å². The van der Waals surface area contributed by atoms with Gasteiger partial charge in [-0.25, -0.2) is 9.67 Å². The predicted octanol–water partition coefficient (Wildman–Crippen LogP) is 3.72. The Balaban J connectivity index is 1.48. The molecule has 162 valence electrons. The lowest BCUT2D eigenvalue weighted by Gasteiger charge is -2.39. The molecule has 0 saturated carbocycles. The second-order valence-corrected chi connectivity index (χ2v) is 9.79. The molecule has 1 saturated heterocycles. The summed E-state index contributed by atoms with van der Waals surface area (Å²) in [6.45, 7) is 6.28. The fourth-order valence-electron chi connectivity index (χ4n) is 4.95. The molecular formula is C23H27N5O2S. The summed E-state index contributed by atoms with van der Waals surface area (Å²) in [7, 11) is 0. The molecule has 1 fully saturated rings. The van der Waals surface area contributed by atoms with Crippen molar-refractivity contribution in [1.29, 1.82) is 0 Å². The van der Waals surface area contributed by atoms with Gasteiger partial charge in [-0.3, -0.25) is 14.2 Å². The molecule has 0 bridgehead atoms. The van der Waals surface area contributed by atoms with Gasteiger partial charge in [-0.2, -0.15) is 5.10 Å². The SMILES string of the molecule is Cc1cccc(-n2ncc3c(=O)n4c(nc32)SCC4CC(=O)N2C(C)CCCC2C)c1. The lowest BCUT2D eigenvalue weighted by atomic mass is 9.96. The minimum atomic E-state index is -0.166. The first-order chi connectivity index (χ1) is 14.9. The summed E-state index contributed by atoms with van der Waals surface area (Å²) in [4.78, 5) is 33.3. The summed E-state index contributed by atoms with van der Waals surface area (Å²) in [6.07, 6.45) is 5.20. The van der Waals surface area contributed by atoms with E-state index in [1.54, 1.807) is 27.2 Å². The number of nitrogens with zero attached hydrogens (tertiary/aromatic N) is 5. The second kappa shape index (κ2) is 7.82. The smallest absolute Gasteiger partial charge is 0.265 e. The van der Waals surface area contributed by atoms with Gasteiger partial charge in [0.15, 0.2) is 10.8 Å². The monoisotopic (exact) mass is 437 g/mol. The van der Waals surface area contributed by atoms with E-state index in [1.807, 2.05) is 36.1 Å². The summed E-state index contributed by atoms with van der Waals surface area (Å²) >= 11 is 1.55. The van der Waals surface area contributed by atoms with Crippen molar-refractivity contribution >= 4 is 28.7 Å². The number of fused-ring (bicyclic) bond motifs is 2. The molecule has 3 unspecified atom stereocenters. The fraction of sp³-hybridized carbons (Fsp3) is 0.478. The fourth-order valence-corrected chi connectivity index (χ4v) is 6.08. The van der Waals surface area contributed by atoms with E-state index >= 15 is 0 Å². The standard InChI is InChI=1S/C23H27N5O2S/c1-14-6-4-9-17(10-14)28-21-19(12-24-28)22(30)27-18(13-31-23(27)25-21)11-20(29)26-15(2)7-5-8-16(26)3/h4,6,9-10,12,15-16,18H,5,7-8,11,13H2,1-3H3. The molecular weight excluding hydrogens is 410 g/mol. The van der Waals surface area contributed by atoms with Gasteiger partial charge in [-0.05, 0) is 57.7 Å². The van der Waals surface area contributed by atoms with Crippen LogP contribution in [0.25, 0.3) is 16.7 Å². The topological polar surface area (TPSA) is 73.0 Å². The van der Waals surface area contributed by atoms with Crippen LogP contribution >= 0.6 is 11.8 Å². The number of likely N-dealkylation sites (tertiary alicyclic amines) is 1. The molecule has 2 aromatic heterocycles. The first-order valence-corrected chi connectivity index (χ1v) is 11.9. The Morgan fingerprint density at radius 2 is 2.00 bits per heavy atom. The maximum Gasteiger partial charge on any atom is 0.265 e. The number of benzene rings is 1. The number of hydrogen-bond acceptors (Lipinski definition) is 5. The zero-order valence-corrected chi connectivity index (χ0v) is 18.9. The van der Waals surface area contributed by atoms with Gasteiger partial charge in [0.25, 0.3) is 5.56 Å². The summed E-state index contributed by atoms with van der Waals surface area (Å²) in [5.41, 5.74) is 2.46. The molecule has 1 amide bonds. The Morgan fingerprint density at radius 3 is 2.74 bits per heavy atom. The summed E-state index contributed by atoms with van der Waals surface area (Å²) in [6, 6.07) is 8.33. The van der Waals surface area contributed by atoms with Crippen LogP contribution in [0.1, 0.15) is 51.1 Å². The minimum Gasteiger partial charge on any atom is -0.337 e. The number of rotatable bonds is 3. The van der Waals surface area contributed by atoms with Gasteiger partial charge in [0, 0.05) is 24.3 Å². The number of piperidine rings is 1. The van der Waals surface area contributed by atoms with Gasteiger partial charge in [-0.15, -0.1) is 0 Å². The normalized spacial score (nSPS) is 23.3. The summed E-state index contributed by atoms with van der Waals surface area (Å²) in [5.74, 6) is 0.829. The number of amides is 1. The molecule has 0 N–H and O–H groups in total. The van der Waals surface area contributed by atoms with Gasteiger partial charge in [0.1, 0.15) is 5.39 Å². The van der Waals surface area contributed by atoms with E-state index in [0.717, 1.165) is 24.1 Å². The van der Waals surface area contributed by atoms with E-state index in [2.05, 4.69) is 18.9 Å². The largest absolute Gasteiger partial charge is 0.337 e. The molecule has 2 aliphatic heterocycles. The highest BCUT2D eigenvalue weighted by atomic mass is 32.2. The number of thioether (sulfide) groups is 1. The highest BCUT2D eigenvalue weighted by Crippen LogP contribution is 2.35. The molecule has 4 heterocycles. The molecule has 0 spiro atoms. The Morgan fingerprint density at radius 1 is 1.23 bits per heavy atom. The van der Waals surface area contributed by atoms with Crippen molar-refractivity contribution in [2.75, 3.05) is 5.75 Å². The van der Waals surface area contributed by atoms with Gasteiger partial charge in [0.2, 0.25) is 5.91 Å². The van der Waals surface area contributed by atoms with Crippen LogP contribution in [0.5, 0.6) is 0 Å². The lowest BCUT2D eigenvalue weighted by Crippen LogP contribution is -2.48. The van der Waals surface area contributed by atoms with Crippen LogP contribution in [-0.4, -0.2) is 48.0 Å². The van der Waals surface area contributed by atoms with E-state index in [4.69, 9.17) is 4.98 Å². The minimum absolute atomic E-state index is 0.110. The Labute approximate surface area is 185 Å². The number of hydrogen-bond donors (Lipinski definition) is 0. The van der Waals surface area contributed by atoms with E-state index in [9.17, 15) is 9.59 Å². The molecule has 3 aromatic rings. The third-order valence-corrected chi connectivity index (χ3v) is 7.61. The van der Waals surface area contributed by atoms with E-state index in [-0.39, 0.29) is 29.6 Å². The van der Waals surface area contributed by atoms with Crippen molar-refractivity contribution in [1.82, 2.24) is 24.2 Å². The summed E-state index contributed by atoms with van der Waals surface area (Å²) in [5, 5.41) is 5.61. The van der Waals surface area contributed by atoms with Crippen LogP contribution in [0.3, 0.4) is 0 Å². The molecule has 7 nitrogen and oxygen atoms in total. The van der Waals surface area contributed by atoms with Crippen LogP contribution in [-0.2, 0) is 4.79 Å². The predicted molar refractivity (Wildman–Crippen MR) is 122 cm³/mol. The molecule has 8 heteroatoms. The number of carbonyl (C=O) groups excluding carboxylic acids is 1. The van der Waals surface area contributed by atoms with Crippen molar-refractivity contribution in [2.45, 2.75) is 69.7 Å². The molecule has 5 rings (SSSR count). The number of carbonyl (C=O) groups is 1. The molecule has 1 aromatic carbocycles. The molecule has 2 aliphatic rings. The van der Waals surface area contributed by atoms with Gasteiger partial charge in [-0.1, -0.05) is 23.9 Å². The maximum atomic E-state index is 13.4. The average molecular weight is 438 g/mol. The van der Waals surface area contributed by atoms with E-state index in [0.29, 0.717) is 28.4 Å². The van der Waals surface area contributed by atoms with Crippen molar-refractivity contribution in [3.63, 3.8) is 0 Å². The first-order valence-electron chi connectivity index (χ1n) is 11.0. The average Bonchev–Trinajstić information content (AvgIpc) is 3.33. The molecule has 0 radical (unpaired) electrons. The van der Waals surface area contributed by atoms with E-state index < -0.39 is 0 Å². The Kier molecular flexibility index (Phi) is 5.12. The lowest BCUT2D eigenvalue weighted by molar-refractivity contribution is -0.138. The first kappa shape index (κ1) is 20.3. The highest BCUT2D eigenvalue weighted by Gasteiger charge is 2.34. The van der Waals surface area contributed by atoms with Gasteiger partial charge < -0.3 is 4.90 Å². The molecule has 3 atom stereocenters. The maximum absolute atomic E-state index is 13.4. The Bertz CT molecular complexity index is 1210. The number of aryl methyl sites for hydroxylation is 1. The Hall–Kier alpha value is -2.61. The third-order valence-electron chi connectivity index (χ3n) is 6.51. The number of aromatic nitrogens is 4. The van der Waals surface area contributed by atoms with Crippen molar-refractivity contribution in [2.24, 2.45) is 0 Å². The van der Waals surface area contributed by atoms with Crippen LogP contribution in [0.15, 0.2) is 40.4 Å². The zero-order chi connectivity index (χ0) is 21.7.